The van der Waals surface area contributed by atoms with Gasteiger partial charge in [-0.2, -0.15) is 0 Å². The molecule has 5 heteroatoms. The molecule has 0 unspecified atom stereocenters. The molecule has 0 nitrogen and oxygen atoms in total. The lowest BCUT2D eigenvalue weighted by Crippen LogP contribution is -1.60. The van der Waals surface area contributed by atoms with Crippen LogP contribution in [0.1, 0.15) is 0 Å². The van der Waals surface area contributed by atoms with Crippen LogP contribution in [-0.4, -0.2) is 7.57 Å². The van der Waals surface area contributed by atoms with Crippen LogP contribution in [0.15, 0.2) is 0 Å². The summed E-state index contributed by atoms with van der Waals surface area (Å²) < 4.78 is 0.194. The van der Waals surface area contributed by atoms with Gasteiger partial charge in [0.2, 0.25) is 0 Å². The van der Waals surface area contributed by atoms with Crippen LogP contribution in [0.4, 0.5) is 0 Å². The van der Waals surface area contributed by atoms with E-state index in [0.29, 0.717) is 0 Å². The zero-order valence-corrected chi connectivity index (χ0v) is 6.76. The standard InChI is InChI=1S/C2Cl4S/c3-1(4)7-2(5)6. The number of hydrogen-bond acceptors (Lipinski definition) is 0. The van der Waals surface area contributed by atoms with Crippen LogP contribution in [0, 0.1) is 0 Å². The van der Waals surface area contributed by atoms with E-state index in [2.05, 4.69) is 0 Å². The molecule has 0 amide bonds. The summed E-state index contributed by atoms with van der Waals surface area (Å²) in [5.41, 5.74) is 0. The normalized spacial score (nSPS) is 8.00. The maximum Gasteiger partial charge on any atom is 0.161 e. The van der Waals surface area contributed by atoms with E-state index in [1.165, 1.54) is 0 Å². The molecule has 0 bridgehead atoms. The third kappa shape index (κ3) is 7.12. The molecular weight excluding hydrogens is 198 g/mol. The van der Waals surface area contributed by atoms with Gasteiger partial charge in [0, 0.05) is 0 Å². The van der Waals surface area contributed by atoms with Crippen molar-refractivity contribution in [3.8, 4) is 0 Å². The highest BCUT2D eigenvalue weighted by molar-refractivity contribution is 8.06. The highest BCUT2D eigenvalue weighted by Gasteiger charge is 1.79. The molecule has 0 spiro atoms. The fraction of sp³-hybridized carbons (Fsp3) is 0. The average molecular weight is 198 g/mol. The SMILES string of the molecule is ClC(Cl)=S=C(Cl)Cl. The molecule has 0 aliphatic rings. The summed E-state index contributed by atoms with van der Waals surface area (Å²) in [5.74, 6) is 0. The Bertz CT molecular complexity index is 102. The largest absolute Gasteiger partial charge is 0.161 e. The lowest BCUT2D eigenvalue weighted by atomic mass is 11.9. The van der Waals surface area contributed by atoms with Gasteiger partial charge in [-0.15, -0.1) is 0 Å². The molecule has 0 heterocycles. The van der Waals surface area contributed by atoms with Crippen LogP contribution < -0.4 is 0 Å². The van der Waals surface area contributed by atoms with Crippen molar-refractivity contribution in [3.63, 3.8) is 0 Å². The van der Waals surface area contributed by atoms with Crippen molar-refractivity contribution in [2.24, 2.45) is 0 Å². The van der Waals surface area contributed by atoms with Crippen LogP contribution in [0.3, 0.4) is 0 Å². The zero-order chi connectivity index (χ0) is 5.86. The summed E-state index contributed by atoms with van der Waals surface area (Å²) in [6.45, 7) is 0. The molecule has 0 aromatic carbocycles. The molecule has 0 fully saturated rings. The fourth-order valence-electron chi connectivity index (χ4n) is 0.0583. The Morgan fingerprint density at radius 3 is 1.14 bits per heavy atom. The van der Waals surface area contributed by atoms with Crippen molar-refractivity contribution < 1.29 is 0 Å². The van der Waals surface area contributed by atoms with Crippen molar-refractivity contribution in [1.82, 2.24) is 0 Å². The Morgan fingerprint density at radius 2 is 1.14 bits per heavy atom. The van der Waals surface area contributed by atoms with Crippen molar-refractivity contribution in [3.05, 3.63) is 0 Å². The van der Waals surface area contributed by atoms with Gasteiger partial charge >= 0.3 is 0 Å². The Labute approximate surface area is 64.8 Å². The summed E-state index contributed by atoms with van der Waals surface area (Å²) in [6.07, 6.45) is 0. The highest BCUT2D eigenvalue weighted by atomic mass is 35.5. The summed E-state index contributed by atoms with van der Waals surface area (Å²) >= 11 is 20.5. The van der Waals surface area contributed by atoms with E-state index in [4.69, 9.17) is 46.4 Å². The summed E-state index contributed by atoms with van der Waals surface area (Å²) in [5, 5.41) is 0. The molecule has 0 radical (unpaired) electrons. The van der Waals surface area contributed by atoms with Gasteiger partial charge in [0.1, 0.15) is 0 Å². The van der Waals surface area contributed by atoms with Gasteiger partial charge in [-0.05, 0) is 0 Å². The van der Waals surface area contributed by atoms with E-state index < -0.39 is 0 Å². The topological polar surface area (TPSA) is 0 Å². The van der Waals surface area contributed by atoms with Crippen molar-refractivity contribution in [2.75, 3.05) is 0 Å². The van der Waals surface area contributed by atoms with Crippen LogP contribution in [-0.2, 0) is 0 Å². The van der Waals surface area contributed by atoms with E-state index in [-0.39, 0.29) is 7.57 Å². The molecule has 0 aromatic rings. The first-order valence-corrected chi connectivity index (χ1v) is 3.49. The Balaban J connectivity index is 4.13. The van der Waals surface area contributed by atoms with Gasteiger partial charge in [-0.1, -0.05) is 57.3 Å². The van der Waals surface area contributed by atoms with Crippen molar-refractivity contribution in [2.45, 2.75) is 0 Å². The number of hydrogen-bond donors (Lipinski definition) is 0. The Kier molecular flexibility index (Phi) is 4.69. The Morgan fingerprint density at radius 1 is 0.857 bits per heavy atom. The molecule has 0 atom stereocenters. The van der Waals surface area contributed by atoms with Crippen molar-refractivity contribution >= 4 is 64.9 Å². The fourth-order valence-corrected chi connectivity index (χ4v) is 1.57. The minimum Gasteiger partial charge on any atom is -0.0877 e. The average Bonchev–Trinajstić information content (AvgIpc) is 1.27. The van der Waals surface area contributed by atoms with Gasteiger partial charge in [0.15, 0.2) is 7.57 Å². The number of rotatable bonds is 0. The quantitative estimate of drug-likeness (QED) is 0.414. The molecule has 0 aliphatic heterocycles. The van der Waals surface area contributed by atoms with Gasteiger partial charge in [0.05, 0.1) is 0 Å². The predicted octanol–water partition coefficient (Wildman–Crippen LogP) is 2.85. The van der Waals surface area contributed by atoms with E-state index in [1.807, 2.05) is 0 Å². The van der Waals surface area contributed by atoms with Crippen LogP contribution in [0.2, 0.25) is 0 Å². The molecule has 0 aromatic heterocycles. The first-order valence-electron chi connectivity index (χ1n) is 1.16. The maximum atomic E-state index is 5.13. The molecule has 0 N–H and O–H groups in total. The van der Waals surface area contributed by atoms with E-state index in [9.17, 15) is 0 Å². The minimum absolute atomic E-state index is 0.0972. The first kappa shape index (κ1) is 8.12. The second-order valence-electron chi connectivity index (χ2n) is 0.554. The van der Waals surface area contributed by atoms with Crippen LogP contribution in [0.5, 0.6) is 0 Å². The third-order valence-electron chi connectivity index (χ3n) is 0.154. The highest BCUT2D eigenvalue weighted by Crippen LogP contribution is 2.00. The summed E-state index contributed by atoms with van der Waals surface area (Å²) in [7, 11) is 0.904. The van der Waals surface area contributed by atoms with E-state index in [0.717, 1.165) is 10.9 Å². The lowest BCUT2D eigenvalue weighted by molar-refractivity contribution is 3.78. The second kappa shape index (κ2) is 4.04. The summed E-state index contributed by atoms with van der Waals surface area (Å²) in [6, 6.07) is 0. The van der Waals surface area contributed by atoms with E-state index >= 15 is 0 Å². The van der Waals surface area contributed by atoms with E-state index in [1.54, 1.807) is 0 Å². The van der Waals surface area contributed by atoms with Gasteiger partial charge in [-0.3, -0.25) is 0 Å². The van der Waals surface area contributed by atoms with Crippen LogP contribution in [0.25, 0.3) is 0 Å². The first-order chi connectivity index (χ1) is 3.13. The minimum atomic E-state index is 0.0972. The van der Waals surface area contributed by atoms with Gasteiger partial charge in [-0.25, -0.2) is 0 Å². The molecular formula is C2Cl4S. The third-order valence-corrected chi connectivity index (χ3v) is 1.39. The van der Waals surface area contributed by atoms with Gasteiger partial charge < -0.3 is 0 Å². The second-order valence-corrected chi connectivity index (χ2v) is 4.37. The monoisotopic (exact) mass is 196 g/mol. The molecule has 0 saturated carbocycles. The van der Waals surface area contributed by atoms with Crippen LogP contribution >= 0.6 is 57.3 Å². The maximum absolute atomic E-state index is 5.13. The zero-order valence-electron chi connectivity index (χ0n) is 2.92. The molecule has 0 aliphatic carbocycles. The molecule has 0 saturated heterocycles. The van der Waals surface area contributed by atoms with Crippen molar-refractivity contribution in [1.29, 1.82) is 0 Å². The molecule has 7 heavy (non-hydrogen) atoms. The predicted molar refractivity (Wildman–Crippen MR) is 41.0 cm³/mol. The lowest BCUT2D eigenvalue weighted by Gasteiger charge is -1.69. The molecule has 0 rings (SSSR count). The van der Waals surface area contributed by atoms with Gasteiger partial charge in [0.25, 0.3) is 0 Å². The number of halogens is 4. The Hall–Kier alpha value is 1.12. The smallest absolute Gasteiger partial charge is 0.0877 e. The summed E-state index contributed by atoms with van der Waals surface area (Å²) in [4.78, 5) is 0. The molecule has 42 valence electrons.